The SMILES string of the molecule is CCCC[C@H](NC(=O)O[C@H](Cc1nnc(-c2ccc(C)cc2)o1)C(C)(C)C)C(=O)C(C#N)=P(c1ccccc1)(c1ccccc1)c1ccccc1. The molecule has 51 heavy (non-hydrogen) atoms. The molecule has 0 saturated heterocycles. The number of nitrogens with zero attached hydrogens (tertiary/aromatic N) is 3. The van der Waals surface area contributed by atoms with E-state index in [1.807, 2.05) is 150 Å². The number of amides is 1. The van der Waals surface area contributed by atoms with Crippen molar-refractivity contribution in [1.82, 2.24) is 15.5 Å². The quantitative estimate of drug-likeness (QED) is 0.126. The van der Waals surface area contributed by atoms with Crippen LogP contribution in [0, 0.1) is 23.7 Å². The molecule has 0 aliphatic heterocycles. The molecule has 0 spiro atoms. The zero-order valence-corrected chi connectivity index (χ0v) is 30.8. The Kier molecular flexibility index (Phi) is 12.1. The minimum atomic E-state index is -2.99. The number of ether oxygens (including phenoxy) is 1. The van der Waals surface area contributed by atoms with E-state index in [4.69, 9.17) is 9.15 Å². The normalized spacial score (nSPS) is 12.7. The van der Waals surface area contributed by atoms with Crippen molar-refractivity contribution in [3.8, 4) is 17.5 Å². The van der Waals surface area contributed by atoms with Gasteiger partial charge in [0, 0.05) is 5.56 Å². The zero-order valence-electron chi connectivity index (χ0n) is 29.9. The lowest BCUT2D eigenvalue weighted by molar-refractivity contribution is -0.114. The average Bonchev–Trinajstić information content (AvgIpc) is 3.61. The third kappa shape index (κ3) is 8.56. The molecule has 0 radical (unpaired) electrons. The fourth-order valence-electron chi connectivity index (χ4n) is 6.06. The molecule has 5 rings (SSSR count). The van der Waals surface area contributed by atoms with Gasteiger partial charge in [0.15, 0.2) is 5.78 Å². The molecule has 4 aromatic carbocycles. The predicted molar refractivity (Wildman–Crippen MR) is 205 cm³/mol. The monoisotopic (exact) mass is 700 g/mol. The van der Waals surface area contributed by atoms with E-state index in [0.717, 1.165) is 33.5 Å². The maximum absolute atomic E-state index is 14.9. The number of nitrogens with one attached hydrogen (secondary N) is 1. The number of benzene rings is 4. The first-order valence-corrected chi connectivity index (χ1v) is 19.1. The molecule has 0 saturated carbocycles. The van der Waals surface area contributed by atoms with Crippen LogP contribution in [0.5, 0.6) is 0 Å². The summed E-state index contributed by atoms with van der Waals surface area (Å²) < 4.78 is 12.0. The van der Waals surface area contributed by atoms with Crippen molar-refractivity contribution >= 4 is 40.0 Å². The van der Waals surface area contributed by atoms with Gasteiger partial charge in [-0.2, -0.15) is 5.26 Å². The number of hydrogen-bond acceptors (Lipinski definition) is 7. The number of aryl methyl sites for hydroxylation is 1. The first-order valence-electron chi connectivity index (χ1n) is 17.3. The molecule has 1 aromatic heterocycles. The van der Waals surface area contributed by atoms with Crippen molar-refractivity contribution in [3.63, 3.8) is 0 Å². The largest absolute Gasteiger partial charge is 0.445 e. The third-order valence-corrected chi connectivity index (χ3v) is 13.1. The second-order valence-electron chi connectivity index (χ2n) is 13.7. The van der Waals surface area contributed by atoms with Crippen molar-refractivity contribution < 1.29 is 18.7 Å². The lowest BCUT2D eigenvalue weighted by atomic mass is 9.87. The van der Waals surface area contributed by atoms with Crippen molar-refractivity contribution in [2.24, 2.45) is 5.41 Å². The highest BCUT2D eigenvalue weighted by Gasteiger charge is 2.37. The summed E-state index contributed by atoms with van der Waals surface area (Å²) >= 11 is 0. The number of carbonyl (C=O) groups is 2. The first-order chi connectivity index (χ1) is 24.6. The summed E-state index contributed by atoms with van der Waals surface area (Å²) in [6.07, 6.45) is 0.582. The molecule has 5 aromatic rings. The molecule has 1 N–H and O–H groups in total. The van der Waals surface area contributed by atoms with E-state index in [1.165, 1.54) is 0 Å². The topological polar surface area (TPSA) is 118 Å². The van der Waals surface area contributed by atoms with Gasteiger partial charge >= 0.3 is 6.09 Å². The second-order valence-corrected chi connectivity index (χ2v) is 17.0. The van der Waals surface area contributed by atoms with Gasteiger partial charge in [-0.3, -0.25) is 4.79 Å². The minimum Gasteiger partial charge on any atom is -0.445 e. The zero-order chi connectivity index (χ0) is 36.4. The van der Waals surface area contributed by atoms with Gasteiger partial charge in [0.25, 0.3) is 0 Å². The molecule has 1 amide bonds. The maximum Gasteiger partial charge on any atom is 0.408 e. The van der Waals surface area contributed by atoms with Crippen LogP contribution in [0.25, 0.3) is 11.5 Å². The van der Waals surface area contributed by atoms with E-state index < -0.39 is 36.3 Å². The van der Waals surface area contributed by atoms with Gasteiger partial charge in [-0.15, -0.1) is 10.2 Å². The third-order valence-electron chi connectivity index (χ3n) is 8.90. The first kappa shape index (κ1) is 37.0. The van der Waals surface area contributed by atoms with Crippen LogP contribution in [0.3, 0.4) is 0 Å². The number of carbonyl (C=O) groups excluding carboxylic acids is 2. The Hall–Kier alpha value is -5.25. The van der Waals surface area contributed by atoms with Crippen LogP contribution in [-0.2, 0) is 16.0 Å². The van der Waals surface area contributed by atoms with E-state index >= 15 is 0 Å². The molecule has 0 aliphatic carbocycles. The van der Waals surface area contributed by atoms with Crippen LogP contribution in [0.15, 0.2) is 120 Å². The highest BCUT2D eigenvalue weighted by Crippen LogP contribution is 2.46. The average molecular weight is 701 g/mol. The summed E-state index contributed by atoms with van der Waals surface area (Å²) in [5.74, 6) is 0.300. The van der Waals surface area contributed by atoms with Gasteiger partial charge < -0.3 is 14.5 Å². The molecule has 8 nitrogen and oxygen atoms in total. The van der Waals surface area contributed by atoms with Crippen molar-refractivity contribution in [2.45, 2.75) is 72.4 Å². The number of hydrogen-bond donors (Lipinski definition) is 1. The number of ketones is 1. The van der Waals surface area contributed by atoms with Crippen LogP contribution in [0.2, 0.25) is 0 Å². The number of rotatable bonds is 13. The summed E-state index contributed by atoms with van der Waals surface area (Å²) in [7, 11) is 0. The van der Waals surface area contributed by atoms with Gasteiger partial charge in [0.05, 0.1) is 12.5 Å². The fourth-order valence-corrected chi connectivity index (χ4v) is 10.2. The predicted octanol–water partition coefficient (Wildman–Crippen LogP) is 7.55. The summed E-state index contributed by atoms with van der Waals surface area (Å²) in [6.45, 7) is 6.92. The lowest BCUT2D eigenvalue weighted by Gasteiger charge is -2.32. The van der Waals surface area contributed by atoms with Gasteiger partial charge in [-0.1, -0.05) is 149 Å². The lowest BCUT2D eigenvalue weighted by Crippen LogP contribution is -2.47. The highest BCUT2D eigenvalue weighted by atomic mass is 31.2. The number of nitriles is 1. The number of Topliss-reactive ketones (excluding diaryl/α,β-unsaturated/α-hetero) is 1. The smallest absolute Gasteiger partial charge is 0.408 e. The molecule has 262 valence electrons. The van der Waals surface area contributed by atoms with Crippen molar-refractivity contribution in [1.29, 1.82) is 5.26 Å². The molecule has 1 heterocycles. The minimum absolute atomic E-state index is 0.120. The second kappa shape index (κ2) is 16.6. The van der Waals surface area contributed by atoms with E-state index in [-0.39, 0.29) is 11.7 Å². The Bertz CT molecular complexity index is 1910. The maximum atomic E-state index is 14.9. The van der Waals surface area contributed by atoms with Crippen molar-refractivity contribution in [2.75, 3.05) is 0 Å². The van der Waals surface area contributed by atoms with E-state index in [9.17, 15) is 14.9 Å². The summed E-state index contributed by atoms with van der Waals surface area (Å²) in [4.78, 5) is 28.6. The van der Waals surface area contributed by atoms with E-state index in [2.05, 4.69) is 21.6 Å². The molecular formula is C42H45N4O4P. The van der Waals surface area contributed by atoms with Gasteiger partial charge in [-0.25, -0.2) is 4.79 Å². The molecule has 0 bridgehead atoms. The molecule has 2 atom stereocenters. The molecule has 0 fully saturated rings. The Morgan fingerprint density at radius 3 is 1.84 bits per heavy atom. The summed E-state index contributed by atoms with van der Waals surface area (Å²) in [6, 6.07) is 38.4. The number of aromatic nitrogens is 2. The van der Waals surface area contributed by atoms with E-state index in [0.29, 0.717) is 24.6 Å². The van der Waals surface area contributed by atoms with Crippen LogP contribution in [-0.4, -0.2) is 39.5 Å². The Labute approximate surface area is 300 Å². The highest BCUT2D eigenvalue weighted by molar-refractivity contribution is 7.97. The van der Waals surface area contributed by atoms with Gasteiger partial charge in [0.2, 0.25) is 11.8 Å². The molecule has 0 unspecified atom stereocenters. The fraction of sp³-hybridized carbons (Fsp3) is 0.286. The Balaban J connectivity index is 1.51. The molecule has 0 aliphatic rings. The molecule has 9 heteroatoms. The summed E-state index contributed by atoms with van der Waals surface area (Å²) in [5.41, 5.74) is 1.42. The van der Waals surface area contributed by atoms with Crippen LogP contribution < -0.4 is 21.2 Å². The number of alkyl carbamates (subject to hydrolysis) is 1. The number of unbranched alkanes of at least 4 members (excludes halogenated alkanes) is 1. The van der Waals surface area contributed by atoms with E-state index in [1.54, 1.807) is 0 Å². The van der Waals surface area contributed by atoms with Gasteiger partial charge in [-0.05, 0) is 53.7 Å². The van der Waals surface area contributed by atoms with Crippen LogP contribution in [0.1, 0.15) is 58.4 Å². The molecular weight excluding hydrogens is 655 g/mol. The standard InChI is InChI=1S/C42H45N4O4P/c1-6-7-23-35(44-41(48)49-37(42(3,4)5)28-38-45-46-40(50-38)31-26-24-30(2)25-27-31)39(47)36(29-43)51(32-17-11-8-12-18-32,33-19-13-9-14-20-33)34-21-15-10-16-22-34/h8-22,24-27,35,37H,6-7,23,28H2,1-5H3,(H,44,48)/t35-,37+/m0/s1. The summed E-state index contributed by atoms with van der Waals surface area (Å²) in [5, 5.41) is 25.1. The van der Waals surface area contributed by atoms with Crippen LogP contribution in [0.4, 0.5) is 4.79 Å². The van der Waals surface area contributed by atoms with Crippen molar-refractivity contribution in [3.05, 3.63) is 127 Å². The Morgan fingerprint density at radius 2 is 1.37 bits per heavy atom. The van der Waals surface area contributed by atoms with Gasteiger partial charge in [0.1, 0.15) is 17.5 Å². The van der Waals surface area contributed by atoms with Crippen LogP contribution >= 0.6 is 6.89 Å². The Morgan fingerprint density at radius 1 is 0.843 bits per heavy atom.